The largest absolute Gasteiger partial charge is 0.378 e. The minimum atomic E-state index is -3.30. The van der Waals surface area contributed by atoms with Crippen LogP contribution in [-0.2, 0) is 16.6 Å². The van der Waals surface area contributed by atoms with Crippen LogP contribution in [0.5, 0.6) is 0 Å². The third kappa shape index (κ3) is 4.29. The molecule has 0 spiro atoms. The maximum Gasteiger partial charge on any atom is 0.229 e. The van der Waals surface area contributed by atoms with Crippen molar-refractivity contribution < 1.29 is 8.42 Å². The molecule has 9 heteroatoms. The summed E-state index contributed by atoms with van der Waals surface area (Å²) in [5.74, 6) is 1.27. The molecular formula is C15H16N6O2S. The van der Waals surface area contributed by atoms with Crippen molar-refractivity contribution in [3.8, 4) is 11.4 Å². The first kappa shape index (κ1) is 15.9. The molecule has 0 aliphatic rings. The van der Waals surface area contributed by atoms with Gasteiger partial charge in [0, 0.05) is 23.6 Å². The van der Waals surface area contributed by atoms with Gasteiger partial charge < -0.3 is 5.32 Å². The van der Waals surface area contributed by atoms with Gasteiger partial charge in [0.25, 0.3) is 0 Å². The number of aromatic amines is 1. The molecule has 0 unspecified atom stereocenters. The molecule has 3 rings (SSSR count). The number of sulfonamides is 1. The molecule has 3 N–H and O–H groups in total. The topological polar surface area (TPSA) is 113 Å². The van der Waals surface area contributed by atoms with Crippen molar-refractivity contribution in [2.45, 2.75) is 6.54 Å². The first-order chi connectivity index (χ1) is 11.5. The average Bonchev–Trinajstić information content (AvgIpc) is 3.01. The summed E-state index contributed by atoms with van der Waals surface area (Å²) in [6, 6.07) is 10.7. The molecule has 0 atom stereocenters. The van der Waals surface area contributed by atoms with E-state index >= 15 is 0 Å². The fraction of sp³-hybridized carbons (Fsp3) is 0.133. The summed E-state index contributed by atoms with van der Waals surface area (Å²) >= 11 is 0. The second-order valence-electron chi connectivity index (χ2n) is 5.15. The van der Waals surface area contributed by atoms with Crippen LogP contribution in [0, 0.1) is 0 Å². The van der Waals surface area contributed by atoms with Crippen LogP contribution in [0.25, 0.3) is 11.4 Å². The second kappa shape index (κ2) is 6.67. The minimum absolute atomic E-state index is 0.431. The molecule has 0 bridgehead atoms. The number of benzene rings is 1. The van der Waals surface area contributed by atoms with Gasteiger partial charge >= 0.3 is 0 Å². The molecule has 0 aliphatic heterocycles. The third-order valence-corrected chi connectivity index (χ3v) is 3.70. The highest BCUT2D eigenvalue weighted by atomic mass is 32.2. The molecule has 0 aliphatic carbocycles. The quantitative estimate of drug-likeness (QED) is 0.629. The highest BCUT2D eigenvalue weighted by Gasteiger charge is 2.06. The Labute approximate surface area is 139 Å². The fourth-order valence-electron chi connectivity index (χ4n) is 2.10. The molecule has 2 heterocycles. The lowest BCUT2D eigenvalue weighted by Crippen LogP contribution is -2.09. The van der Waals surface area contributed by atoms with Crippen LogP contribution in [-0.4, -0.2) is 34.8 Å². The Morgan fingerprint density at radius 3 is 2.62 bits per heavy atom. The van der Waals surface area contributed by atoms with E-state index in [4.69, 9.17) is 0 Å². The fourth-order valence-corrected chi connectivity index (χ4v) is 2.65. The van der Waals surface area contributed by atoms with Gasteiger partial charge in [0.05, 0.1) is 18.5 Å². The van der Waals surface area contributed by atoms with Gasteiger partial charge in [0.2, 0.25) is 10.0 Å². The highest BCUT2D eigenvalue weighted by molar-refractivity contribution is 7.92. The van der Waals surface area contributed by atoms with E-state index in [1.807, 2.05) is 18.2 Å². The van der Waals surface area contributed by atoms with Gasteiger partial charge in [-0.1, -0.05) is 6.07 Å². The molecular weight excluding hydrogens is 328 g/mol. The summed E-state index contributed by atoms with van der Waals surface area (Å²) in [5, 5.41) is 10.2. The van der Waals surface area contributed by atoms with E-state index in [1.165, 1.54) is 0 Å². The van der Waals surface area contributed by atoms with Gasteiger partial charge in [-0.05, 0) is 30.3 Å². The van der Waals surface area contributed by atoms with E-state index in [-0.39, 0.29) is 0 Å². The van der Waals surface area contributed by atoms with Crippen LogP contribution >= 0.6 is 0 Å². The SMILES string of the molecule is CS(=O)(=O)Nc1cccc(NCc2nc(-c3ccncc3)n[nH]2)c1. The maximum absolute atomic E-state index is 11.3. The predicted molar refractivity (Wildman–Crippen MR) is 91.8 cm³/mol. The number of hydrogen-bond acceptors (Lipinski definition) is 6. The summed E-state index contributed by atoms with van der Waals surface area (Å²) < 4.78 is 25.0. The number of rotatable bonds is 6. The zero-order valence-corrected chi connectivity index (χ0v) is 13.7. The zero-order valence-electron chi connectivity index (χ0n) is 12.9. The van der Waals surface area contributed by atoms with Crippen molar-refractivity contribution in [3.05, 3.63) is 54.6 Å². The molecule has 24 heavy (non-hydrogen) atoms. The van der Waals surface area contributed by atoms with Crippen LogP contribution in [0.4, 0.5) is 11.4 Å². The zero-order chi connectivity index (χ0) is 17.0. The van der Waals surface area contributed by atoms with Crippen LogP contribution in [0.3, 0.4) is 0 Å². The summed E-state index contributed by atoms with van der Waals surface area (Å²) in [5.41, 5.74) is 2.15. The Hall–Kier alpha value is -2.94. The molecule has 0 saturated carbocycles. The van der Waals surface area contributed by atoms with E-state index in [2.05, 4.69) is 30.2 Å². The molecule has 0 amide bonds. The van der Waals surface area contributed by atoms with Crippen molar-refractivity contribution in [1.29, 1.82) is 0 Å². The van der Waals surface area contributed by atoms with Crippen LogP contribution in [0.1, 0.15) is 5.82 Å². The van der Waals surface area contributed by atoms with Crippen molar-refractivity contribution >= 4 is 21.4 Å². The number of nitrogens with one attached hydrogen (secondary N) is 3. The molecule has 1 aromatic carbocycles. The molecule has 0 fully saturated rings. The number of nitrogens with zero attached hydrogens (tertiary/aromatic N) is 3. The Bertz CT molecular complexity index is 924. The van der Waals surface area contributed by atoms with E-state index in [9.17, 15) is 8.42 Å². The van der Waals surface area contributed by atoms with Crippen LogP contribution < -0.4 is 10.0 Å². The van der Waals surface area contributed by atoms with Crippen molar-refractivity contribution in [2.24, 2.45) is 0 Å². The second-order valence-corrected chi connectivity index (χ2v) is 6.90. The number of H-pyrrole nitrogens is 1. The maximum atomic E-state index is 11.3. The van der Waals surface area contributed by atoms with E-state index in [1.54, 1.807) is 30.6 Å². The summed E-state index contributed by atoms with van der Waals surface area (Å²) in [6.45, 7) is 0.431. The highest BCUT2D eigenvalue weighted by Crippen LogP contribution is 2.17. The van der Waals surface area contributed by atoms with Crippen molar-refractivity contribution in [3.63, 3.8) is 0 Å². The normalized spacial score (nSPS) is 11.2. The first-order valence-electron chi connectivity index (χ1n) is 7.13. The van der Waals surface area contributed by atoms with E-state index in [0.717, 1.165) is 17.5 Å². The monoisotopic (exact) mass is 344 g/mol. The van der Waals surface area contributed by atoms with E-state index < -0.39 is 10.0 Å². The summed E-state index contributed by atoms with van der Waals surface area (Å²) in [4.78, 5) is 8.37. The molecule has 8 nitrogen and oxygen atoms in total. The Morgan fingerprint density at radius 1 is 1.12 bits per heavy atom. The van der Waals surface area contributed by atoms with Gasteiger partial charge in [-0.3, -0.25) is 14.8 Å². The Morgan fingerprint density at radius 2 is 1.88 bits per heavy atom. The molecule has 0 saturated heterocycles. The number of pyridine rings is 1. The van der Waals surface area contributed by atoms with Crippen LogP contribution in [0.15, 0.2) is 48.8 Å². The summed E-state index contributed by atoms with van der Waals surface area (Å²) in [7, 11) is -3.30. The standard InChI is InChI=1S/C15H16N6O2S/c1-24(22,23)21-13-4-2-3-12(9-13)17-10-14-18-15(20-19-14)11-5-7-16-8-6-11/h2-9,17,21H,10H2,1H3,(H,18,19,20). The minimum Gasteiger partial charge on any atom is -0.378 e. The number of anilines is 2. The van der Waals surface area contributed by atoms with Gasteiger partial charge in [-0.25, -0.2) is 13.4 Å². The molecule has 2 aromatic heterocycles. The smallest absolute Gasteiger partial charge is 0.229 e. The predicted octanol–water partition coefficient (Wildman–Crippen LogP) is 1.85. The summed E-state index contributed by atoms with van der Waals surface area (Å²) in [6.07, 6.45) is 4.48. The molecule has 3 aromatic rings. The lowest BCUT2D eigenvalue weighted by molar-refractivity contribution is 0.607. The Kier molecular flexibility index (Phi) is 4.43. The van der Waals surface area contributed by atoms with Gasteiger partial charge in [-0.2, -0.15) is 5.10 Å². The van der Waals surface area contributed by atoms with Gasteiger partial charge in [0.15, 0.2) is 5.82 Å². The average molecular weight is 344 g/mol. The van der Waals surface area contributed by atoms with Gasteiger partial charge in [0.1, 0.15) is 5.82 Å². The number of hydrogen-bond donors (Lipinski definition) is 3. The number of aromatic nitrogens is 4. The Balaban J connectivity index is 1.66. The van der Waals surface area contributed by atoms with Crippen molar-refractivity contribution in [1.82, 2.24) is 20.2 Å². The van der Waals surface area contributed by atoms with Crippen LogP contribution in [0.2, 0.25) is 0 Å². The molecule has 0 radical (unpaired) electrons. The lowest BCUT2D eigenvalue weighted by Gasteiger charge is -2.08. The third-order valence-electron chi connectivity index (χ3n) is 3.10. The van der Waals surface area contributed by atoms with Gasteiger partial charge in [-0.15, -0.1) is 0 Å². The first-order valence-corrected chi connectivity index (χ1v) is 9.02. The molecule has 124 valence electrons. The van der Waals surface area contributed by atoms with Crippen molar-refractivity contribution in [2.75, 3.05) is 16.3 Å². The van der Waals surface area contributed by atoms with E-state index in [0.29, 0.717) is 23.9 Å². The lowest BCUT2D eigenvalue weighted by atomic mass is 10.2.